The molecule has 2 aromatic carbocycles. The maximum absolute atomic E-state index is 14.4. The number of carbonyl (C=O) groups is 1. The molecule has 0 fully saturated rings. The summed E-state index contributed by atoms with van der Waals surface area (Å²) in [6.07, 6.45) is 3.66. The van der Waals surface area contributed by atoms with Crippen LogP contribution in [0.25, 0.3) is 10.4 Å². The number of nitrogens with one attached hydrogen (secondary N) is 1. The van der Waals surface area contributed by atoms with Crippen molar-refractivity contribution in [2.24, 2.45) is 5.73 Å². The number of rotatable bonds is 7. The molecule has 4 rings (SSSR count). The van der Waals surface area contributed by atoms with E-state index in [1.165, 1.54) is 18.2 Å². The molecule has 2 unspecified atom stereocenters. The molecule has 0 spiro atoms. The number of nitrogens with zero attached hydrogens (tertiary/aromatic N) is 2. The summed E-state index contributed by atoms with van der Waals surface area (Å²) in [4.78, 5) is 18.2. The van der Waals surface area contributed by atoms with Crippen LogP contribution in [0.4, 0.5) is 4.39 Å². The van der Waals surface area contributed by atoms with Gasteiger partial charge in [-0.05, 0) is 54.4 Å². The lowest BCUT2D eigenvalue weighted by molar-refractivity contribution is 0.0937. The van der Waals surface area contributed by atoms with E-state index in [0.717, 1.165) is 16.9 Å². The highest BCUT2D eigenvalue weighted by Gasteiger charge is 2.23. The van der Waals surface area contributed by atoms with Gasteiger partial charge in [-0.15, -0.1) is 11.3 Å². The molecule has 8 heteroatoms. The molecule has 0 bridgehead atoms. The Labute approximate surface area is 200 Å². The van der Waals surface area contributed by atoms with Crippen LogP contribution in [0, 0.1) is 17.1 Å². The number of para-hydroxylation sites is 1. The van der Waals surface area contributed by atoms with Gasteiger partial charge in [0.2, 0.25) is 0 Å². The molecule has 2 aromatic heterocycles. The van der Waals surface area contributed by atoms with Gasteiger partial charge in [-0.2, -0.15) is 5.26 Å². The Bertz CT molecular complexity index is 1350. The molecular formula is C26H21FN4O2S. The van der Waals surface area contributed by atoms with Crippen molar-refractivity contribution in [1.82, 2.24) is 10.3 Å². The third-order valence-electron chi connectivity index (χ3n) is 5.41. The number of carbonyl (C=O) groups excluding carboxylic acids is 1. The number of phenols is 1. The number of nitriles is 1. The maximum Gasteiger partial charge on any atom is 0.261 e. The number of amides is 1. The monoisotopic (exact) mass is 472 g/mol. The lowest BCUT2D eigenvalue weighted by Gasteiger charge is -2.23. The second-order valence-corrected chi connectivity index (χ2v) is 8.77. The zero-order valence-corrected chi connectivity index (χ0v) is 18.8. The van der Waals surface area contributed by atoms with Crippen LogP contribution in [-0.4, -0.2) is 16.0 Å². The molecular weight excluding hydrogens is 451 g/mol. The summed E-state index contributed by atoms with van der Waals surface area (Å²) in [6, 6.07) is 18.9. The molecule has 0 aliphatic rings. The first-order chi connectivity index (χ1) is 16.5. The van der Waals surface area contributed by atoms with E-state index in [-0.39, 0.29) is 17.2 Å². The van der Waals surface area contributed by atoms with Gasteiger partial charge in [-0.25, -0.2) is 4.39 Å². The topological polar surface area (TPSA) is 112 Å². The van der Waals surface area contributed by atoms with Gasteiger partial charge >= 0.3 is 0 Å². The molecule has 0 saturated carbocycles. The van der Waals surface area contributed by atoms with Gasteiger partial charge in [0.15, 0.2) is 0 Å². The molecule has 0 aliphatic heterocycles. The van der Waals surface area contributed by atoms with E-state index in [0.29, 0.717) is 27.3 Å². The number of aromatic nitrogens is 1. The fourth-order valence-corrected chi connectivity index (χ4v) is 4.59. The second-order valence-electron chi connectivity index (χ2n) is 7.68. The minimum atomic E-state index is -0.568. The molecule has 2 heterocycles. The average molecular weight is 473 g/mol. The average Bonchev–Trinajstić information content (AvgIpc) is 3.34. The molecule has 2 atom stereocenters. The van der Waals surface area contributed by atoms with E-state index in [4.69, 9.17) is 11.0 Å². The number of thiophene rings is 1. The predicted octanol–water partition coefficient (Wildman–Crippen LogP) is 5.09. The predicted molar refractivity (Wildman–Crippen MR) is 129 cm³/mol. The van der Waals surface area contributed by atoms with Crippen LogP contribution in [0.2, 0.25) is 0 Å². The van der Waals surface area contributed by atoms with Crippen molar-refractivity contribution in [3.05, 3.63) is 107 Å². The zero-order chi connectivity index (χ0) is 24.1. The van der Waals surface area contributed by atoms with Gasteiger partial charge in [0.1, 0.15) is 11.6 Å². The molecule has 4 N–H and O–H groups in total. The Balaban J connectivity index is 1.58. The van der Waals surface area contributed by atoms with Crippen LogP contribution in [-0.2, 0) is 0 Å². The van der Waals surface area contributed by atoms with E-state index in [1.54, 1.807) is 54.9 Å². The molecule has 170 valence electrons. The summed E-state index contributed by atoms with van der Waals surface area (Å²) in [5.74, 6) is -0.836. The van der Waals surface area contributed by atoms with Crippen LogP contribution in [0.5, 0.6) is 5.75 Å². The summed E-state index contributed by atoms with van der Waals surface area (Å²) in [5.41, 5.74) is 8.29. The first-order valence-electron chi connectivity index (χ1n) is 10.5. The Morgan fingerprint density at radius 2 is 2.00 bits per heavy atom. The standard InChI is InChI=1S/C26H21FN4O2S/c27-20-12-16(14-28)7-8-18(20)24-9-10-25(34-24)26(33)31-22(19-5-1-2-6-23(19)32)13-21(29)17-4-3-11-30-15-17/h1-12,15,21-22,32H,13,29H2,(H,31,33). The second kappa shape index (κ2) is 10.3. The summed E-state index contributed by atoms with van der Waals surface area (Å²) >= 11 is 1.14. The van der Waals surface area contributed by atoms with Crippen molar-refractivity contribution in [2.75, 3.05) is 0 Å². The molecule has 0 radical (unpaired) electrons. The number of pyridine rings is 1. The summed E-state index contributed by atoms with van der Waals surface area (Å²) < 4.78 is 14.4. The Morgan fingerprint density at radius 1 is 1.18 bits per heavy atom. The van der Waals surface area contributed by atoms with Crippen molar-refractivity contribution in [1.29, 1.82) is 5.26 Å². The minimum Gasteiger partial charge on any atom is -0.508 e. The molecule has 34 heavy (non-hydrogen) atoms. The van der Waals surface area contributed by atoms with Crippen LogP contribution < -0.4 is 11.1 Å². The Morgan fingerprint density at radius 3 is 2.71 bits per heavy atom. The third kappa shape index (κ3) is 5.12. The molecule has 0 saturated heterocycles. The molecule has 0 aliphatic carbocycles. The van der Waals surface area contributed by atoms with Crippen molar-refractivity contribution < 1.29 is 14.3 Å². The fraction of sp³-hybridized carbons (Fsp3) is 0.115. The van der Waals surface area contributed by atoms with Gasteiger partial charge in [-0.1, -0.05) is 24.3 Å². The molecule has 4 aromatic rings. The van der Waals surface area contributed by atoms with E-state index in [1.807, 2.05) is 12.1 Å². The normalized spacial score (nSPS) is 12.5. The van der Waals surface area contributed by atoms with Crippen LogP contribution in [0.3, 0.4) is 0 Å². The third-order valence-corrected chi connectivity index (χ3v) is 6.53. The van der Waals surface area contributed by atoms with Crippen LogP contribution in [0.15, 0.2) is 79.1 Å². The fourth-order valence-electron chi connectivity index (χ4n) is 3.65. The highest BCUT2D eigenvalue weighted by Crippen LogP contribution is 2.33. The largest absolute Gasteiger partial charge is 0.508 e. The zero-order valence-electron chi connectivity index (χ0n) is 18.0. The van der Waals surface area contributed by atoms with Crippen LogP contribution in [0.1, 0.15) is 44.9 Å². The Hall–Kier alpha value is -4.06. The summed E-state index contributed by atoms with van der Waals surface area (Å²) in [6.45, 7) is 0. The van der Waals surface area contributed by atoms with E-state index in [9.17, 15) is 14.3 Å². The number of halogens is 1. The summed E-state index contributed by atoms with van der Waals surface area (Å²) in [5, 5.41) is 22.3. The maximum atomic E-state index is 14.4. The van der Waals surface area contributed by atoms with Crippen molar-refractivity contribution >= 4 is 17.2 Å². The lowest BCUT2D eigenvalue weighted by atomic mass is 9.95. The number of benzene rings is 2. The number of hydrogen-bond acceptors (Lipinski definition) is 6. The van der Waals surface area contributed by atoms with Gasteiger partial charge in [0, 0.05) is 34.4 Å². The quantitative estimate of drug-likeness (QED) is 0.347. The van der Waals surface area contributed by atoms with E-state index in [2.05, 4.69) is 10.3 Å². The van der Waals surface area contributed by atoms with Gasteiger partial charge in [-0.3, -0.25) is 9.78 Å². The highest BCUT2D eigenvalue weighted by molar-refractivity contribution is 7.17. The van der Waals surface area contributed by atoms with E-state index >= 15 is 0 Å². The smallest absolute Gasteiger partial charge is 0.261 e. The van der Waals surface area contributed by atoms with Crippen molar-refractivity contribution in [3.63, 3.8) is 0 Å². The number of hydrogen-bond donors (Lipinski definition) is 3. The van der Waals surface area contributed by atoms with Gasteiger partial charge < -0.3 is 16.2 Å². The van der Waals surface area contributed by atoms with Gasteiger partial charge in [0.25, 0.3) is 5.91 Å². The Kier molecular flexibility index (Phi) is 6.97. The molecule has 6 nitrogen and oxygen atoms in total. The SMILES string of the molecule is N#Cc1ccc(-c2ccc(C(=O)NC(CC(N)c3cccnc3)c3ccccc3O)s2)c(F)c1. The first-order valence-corrected chi connectivity index (χ1v) is 11.3. The van der Waals surface area contributed by atoms with Crippen molar-refractivity contribution in [2.45, 2.75) is 18.5 Å². The first kappa shape index (κ1) is 23.1. The number of phenolic OH excluding ortho intramolecular Hbond substituents is 1. The number of aromatic hydroxyl groups is 1. The van der Waals surface area contributed by atoms with Gasteiger partial charge in [0.05, 0.1) is 22.6 Å². The lowest BCUT2D eigenvalue weighted by Crippen LogP contribution is -2.30. The van der Waals surface area contributed by atoms with Crippen LogP contribution >= 0.6 is 11.3 Å². The minimum absolute atomic E-state index is 0.0534. The molecule has 1 amide bonds. The number of nitrogens with two attached hydrogens (primary N) is 1. The highest BCUT2D eigenvalue weighted by atomic mass is 32.1. The summed E-state index contributed by atoms with van der Waals surface area (Å²) in [7, 11) is 0. The van der Waals surface area contributed by atoms with Crippen molar-refractivity contribution in [3.8, 4) is 22.3 Å². The van der Waals surface area contributed by atoms with E-state index < -0.39 is 17.9 Å².